The molecule has 3 unspecified atom stereocenters. The third-order valence-electron chi connectivity index (χ3n) is 4.82. The Labute approximate surface area is 108 Å². The summed E-state index contributed by atoms with van der Waals surface area (Å²) in [5.74, 6) is 1.54. The Hall–Kier alpha value is -0.0800. The molecule has 2 N–H and O–H groups in total. The molecule has 0 aromatic heterocycles. The Kier molecular flexibility index (Phi) is 5.03. The fourth-order valence-electron chi connectivity index (χ4n) is 3.15. The second-order valence-corrected chi connectivity index (χ2v) is 7.20. The Morgan fingerprint density at radius 1 is 1.24 bits per heavy atom. The lowest BCUT2D eigenvalue weighted by molar-refractivity contribution is 0.0444. The van der Waals surface area contributed by atoms with Crippen molar-refractivity contribution in [1.29, 1.82) is 0 Å². The first-order valence-corrected chi connectivity index (χ1v) is 7.19. The van der Waals surface area contributed by atoms with Crippen molar-refractivity contribution < 1.29 is 0 Å². The van der Waals surface area contributed by atoms with Gasteiger partial charge in [0.25, 0.3) is 0 Å². The van der Waals surface area contributed by atoms with Crippen molar-refractivity contribution in [1.82, 2.24) is 4.90 Å². The van der Waals surface area contributed by atoms with E-state index in [-0.39, 0.29) is 0 Å². The highest BCUT2D eigenvalue weighted by Gasteiger charge is 2.37. The zero-order chi connectivity index (χ0) is 13.2. The molecule has 1 aliphatic rings. The summed E-state index contributed by atoms with van der Waals surface area (Å²) >= 11 is 0. The maximum absolute atomic E-state index is 5.96. The molecule has 0 radical (unpaired) electrons. The average molecular weight is 240 g/mol. The molecule has 1 saturated carbocycles. The van der Waals surface area contributed by atoms with Crippen LogP contribution in [0.25, 0.3) is 0 Å². The van der Waals surface area contributed by atoms with E-state index in [9.17, 15) is 0 Å². The average Bonchev–Trinajstić information content (AvgIpc) is 2.25. The summed E-state index contributed by atoms with van der Waals surface area (Å²) in [6.07, 6.45) is 3.98. The van der Waals surface area contributed by atoms with E-state index in [1.807, 2.05) is 0 Å². The van der Waals surface area contributed by atoms with E-state index in [2.05, 4.69) is 46.6 Å². The number of nitrogens with two attached hydrogens (primary N) is 1. The predicted molar refractivity (Wildman–Crippen MR) is 76.0 cm³/mol. The van der Waals surface area contributed by atoms with Crippen LogP contribution in [0.1, 0.15) is 53.9 Å². The third kappa shape index (κ3) is 3.69. The first-order valence-electron chi connectivity index (χ1n) is 7.19. The maximum Gasteiger partial charge on any atom is 0.0138 e. The lowest BCUT2D eigenvalue weighted by Gasteiger charge is -2.46. The zero-order valence-electron chi connectivity index (χ0n) is 12.7. The Bertz CT molecular complexity index is 228. The highest BCUT2D eigenvalue weighted by molar-refractivity contribution is 4.91. The van der Waals surface area contributed by atoms with E-state index in [1.165, 1.54) is 19.3 Å². The van der Waals surface area contributed by atoms with Gasteiger partial charge in [0.15, 0.2) is 0 Å². The molecule has 0 bridgehead atoms. The lowest BCUT2D eigenvalue weighted by atomic mass is 9.67. The normalized spacial score (nSPS) is 31.2. The fourth-order valence-corrected chi connectivity index (χ4v) is 3.15. The van der Waals surface area contributed by atoms with Gasteiger partial charge in [0, 0.05) is 12.1 Å². The van der Waals surface area contributed by atoms with Gasteiger partial charge in [-0.1, -0.05) is 20.8 Å². The van der Waals surface area contributed by atoms with Crippen LogP contribution in [0, 0.1) is 17.3 Å². The van der Waals surface area contributed by atoms with Crippen molar-refractivity contribution in [3.8, 4) is 0 Å². The molecule has 0 heterocycles. The molecule has 17 heavy (non-hydrogen) atoms. The molecule has 0 aromatic carbocycles. The zero-order valence-corrected chi connectivity index (χ0v) is 12.7. The molecular weight excluding hydrogens is 208 g/mol. The van der Waals surface area contributed by atoms with Crippen LogP contribution >= 0.6 is 0 Å². The molecule has 2 nitrogen and oxygen atoms in total. The SMILES string of the molecule is CC(C)N(C)C1CC(C(C)(C)C)CCC1CN. The summed E-state index contributed by atoms with van der Waals surface area (Å²) < 4.78 is 0. The Balaban J connectivity index is 2.75. The maximum atomic E-state index is 5.96. The van der Waals surface area contributed by atoms with Crippen LogP contribution in [0.15, 0.2) is 0 Å². The van der Waals surface area contributed by atoms with Crippen LogP contribution in [0.3, 0.4) is 0 Å². The quantitative estimate of drug-likeness (QED) is 0.821. The first kappa shape index (κ1) is 15.0. The molecule has 1 rings (SSSR count). The standard InChI is InChI=1S/C15H32N2/c1-11(2)17(6)14-9-13(15(3,4)5)8-7-12(14)10-16/h11-14H,7-10,16H2,1-6H3. The molecule has 1 aliphatic carbocycles. The highest BCUT2D eigenvalue weighted by atomic mass is 15.2. The van der Waals surface area contributed by atoms with E-state index in [1.54, 1.807) is 0 Å². The first-order chi connectivity index (χ1) is 7.77. The van der Waals surface area contributed by atoms with Crippen molar-refractivity contribution in [3.05, 3.63) is 0 Å². The summed E-state index contributed by atoms with van der Waals surface area (Å²) in [4.78, 5) is 2.54. The molecule has 3 atom stereocenters. The van der Waals surface area contributed by atoms with Crippen molar-refractivity contribution in [2.45, 2.75) is 66.0 Å². The molecule has 0 aromatic rings. The number of hydrogen-bond acceptors (Lipinski definition) is 2. The van der Waals surface area contributed by atoms with Gasteiger partial charge in [-0.25, -0.2) is 0 Å². The molecule has 2 heteroatoms. The van der Waals surface area contributed by atoms with E-state index >= 15 is 0 Å². The van der Waals surface area contributed by atoms with Crippen LogP contribution in [-0.2, 0) is 0 Å². The summed E-state index contributed by atoms with van der Waals surface area (Å²) in [5, 5.41) is 0. The predicted octanol–water partition coefficient (Wildman–Crippen LogP) is 3.12. The van der Waals surface area contributed by atoms with Crippen molar-refractivity contribution in [2.24, 2.45) is 23.0 Å². The van der Waals surface area contributed by atoms with Crippen LogP contribution in [0.2, 0.25) is 0 Å². The summed E-state index contributed by atoms with van der Waals surface area (Å²) in [5.41, 5.74) is 6.40. The van der Waals surface area contributed by atoms with Crippen molar-refractivity contribution in [2.75, 3.05) is 13.6 Å². The Morgan fingerprint density at radius 3 is 2.24 bits per heavy atom. The van der Waals surface area contributed by atoms with Crippen LogP contribution in [0.5, 0.6) is 0 Å². The monoisotopic (exact) mass is 240 g/mol. The molecule has 102 valence electrons. The van der Waals surface area contributed by atoms with Crippen LogP contribution < -0.4 is 5.73 Å². The van der Waals surface area contributed by atoms with Gasteiger partial charge in [-0.3, -0.25) is 0 Å². The molecular formula is C15H32N2. The van der Waals surface area contributed by atoms with Gasteiger partial charge >= 0.3 is 0 Å². The number of rotatable bonds is 3. The minimum Gasteiger partial charge on any atom is -0.330 e. The van der Waals surface area contributed by atoms with Gasteiger partial charge < -0.3 is 10.6 Å². The van der Waals surface area contributed by atoms with Gasteiger partial charge in [-0.15, -0.1) is 0 Å². The van der Waals surface area contributed by atoms with Crippen LogP contribution in [0.4, 0.5) is 0 Å². The van der Waals surface area contributed by atoms with Crippen molar-refractivity contribution in [3.63, 3.8) is 0 Å². The molecule has 1 fully saturated rings. The summed E-state index contributed by atoms with van der Waals surface area (Å²) in [7, 11) is 2.27. The van der Waals surface area contributed by atoms with E-state index in [0.717, 1.165) is 12.5 Å². The molecule has 0 saturated heterocycles. The fraction of sp³-hybridized carbons (Fsp3) is 1.00. The molecule has 0 spiro atoms. The second-order valence-electron chi connectivity index (χ2n) is 7.20. The van der Waals surface area contributed by atoms with Gasteiger partial charge in [0.2, 0.25) is 0 Å². The Morgan fingerprint density at radius 2 is 1.82 bits per heavy atom. The largest absolute Gasteiger partial charge is 0.330 e. The topological polar surface area (TPSA) is 29.3 Å². The summed E-state index contributed by atoms with van der Waals surface area (Å²) in [6.45, 7) is 12.6. The minimum atomic E-state index is 0.440. The third-order valence-corrected chi connectivity index (χ3v) is 4.82. The van der Waals surface area contributed by atoms with Crippen LogP contribution in [-0.4, -0.2) is 30.6 Å². The minimum absolute atomic E-state index is 0.440. The number of hydrogen-bond donors (Lipinski definition) is 1. The molecule has 0 aliphatic heterocycles. The number of nitrogens with zero attached hydrogens (tertiary/aromatic N) is 1. The van der Waals surface area contributed by atoms with Gasteiger partial charge in [0.1, 0.15) is 0 Å². The lowest BCUT2D eigenvalue weighted by Crippen LogP contribution is -2.49. The van der Waals surface area contributed by atoms with Crippen molar-refractivity contribution >= 4 is 0 Å². The highest BCUT2D eigenvalue weighted by Crippen LogP contribution is 2.41. The van der Waals surface area contributed by atoms with E-state index in [0.29, 0.717) is 23.4 Å². The second kappa shape index (κ2) is 5.71. The smallest absolute Gasteiger partial charge is 0.0138 e. The van der Waals surface area contributed by atoms with E-state index in [4.69, 9.17) is 5.73 Å². The summed E-state index contributed by atoms with van der Waals surface area (Å²) in [6, 6.07) is 1.30. The molecule has 0 amide bonds. The van der Waals surface area contributed by atoms with Gasteiger partial charge in [-0.2, -0.15) is 0 Å². The van der Waals surface area contributed by atoms with Gasteiger partial charge in [-0.05, 0) is 64.0 Å². The van der Waals surface area contributed by atoms with Gasteiger partial charge in [0.05, 0.1) is 0 Å². The van der Waals surface area contributed by atoms with E-state index < -0.39 is 0 Å².